The molecule has 0 aliphatic heterocycles. The zero-order valence-corrected chi connectivity index (χ0v) is 9.70. The molecule has 0 N–H and O–H groups in total. The van der Waals surface area contributed by atoms with Gasteiger partial charge in [0.15, 0.2) is 0 Å². The number of benzene rings is 1. The first-order valence-electron chi connectivity index (χ1n) is 4.02. The number of rotatable bonds is 1. The van der Waals surface area contributed by atoms with Crippen molar-refractivity contribution in [2.45, 2.75) is 0 Å². The summed E-state index contributed by atoms with van der Waals surface area (Å²) in [5.74, 6) is 0. The lowest BCUT2D eigenvalue weighted by atomic mass is 10.2. The van der Waals surface area contributed by atoms with Gasteiger partial charge in [-0.1, -0.05) is 29.3 Å². The molecule has 2 rings (SSSR count). The molecular formula is C10H4Cl2N2S. The van der Waals surface area contributed by atoms with Crippen LogP contribution in [0.3, 0.4) is 0 Å². The Hall–Kier alpha value is -1.08. The molecule has 0 aliphatic carbocycles. The Bertz CT molecular complexity index is 522. The molecule has 0 aliphatic rings. The molecule has 2 nitrogen and oxygen atoms in total. The number of nitrogens with zero attached hydrogens (tertiary/aromatic N) is 2. The lowest BCUT2D eigenvalue weighted by molar-refractivity contribution is 1.40. The van der Waals surface area contributed by atoms with Gasteiger partial charge >= 0.3 is 0 Å². The molecule has 0 unspecified atom stereocenters. The van der Waals surface area contributed by atoms with E-state index in [9.17, 15) is 0 Å². The van der Waals surface area contributed by atoms with E-state index in [0.717, 1.165) is 0 Å². The van der Waals surface area contributed by atoms with Crippen LogP contribution in [0.25, 0.3) is 10.6 Å². The summed E-state index contributed by atoms with van der Waals surface area (Å²) in [5.41, 5.74) is 0.687. The summed E-state index contributed by atoms with van der Waals surface area (Å²) in [7, 11) is 0. The molecule has 1 heterocycles. The van der Waals surface area contributed by atoms with Crippen molar-refractivity contribution >= 4 is 34.5 Å². The second kappa shape index (κ2) is 4.19. The summed E-state index contributed by atoms with van der Waals surface area (Å²) in [4.78, 5) is 4.65. The summed E-state index contributed by atoms with van der Waals surface area (Å²) in [6, 6.07) is 7.29. The third-order valence-corrected chi connectivity index (χ3v) is 3.34. The van der Waals surface area contributed by atoms with E-state index in [4.69, 9.17) is 28.5 Å². The van der Waals surface area contributed by atoms with Gasteiger partial charge in [-0.25, -0.2) is 4.98 Å². The summed E-state index contributed by atoms with van der Waals surface area (Å²) in [6.07, 6.45) is 1.51. The van der Waals surface area contributed by atoms with E-state index < -0.39 is 0 Å². The van der Waals surface area contributed by atoms with Gasteiger partial charge in [-0.2, -0.15) is 5.26 Å². The smallest absolute Gasteiger partial charge is 0.127 e. The average Bonchev–Trinajstić information content (AvgIpc) is 2.66. The molecule has 5 heteroatoms. The topological polar surface area (TPSA) is 36.7 Å². The van der Waals surface area contributed by atoms with Crippen LogP contribution in [0.2, 0.25) is 10.0 Å². The Morgan fingerprint density at radius 2 is 1.93 bits per heavy atom. The lowest BCUT2D eigenvalue weighted by Crippen LogP contribution is -1.79. The van der Waals surface area contributed by atoms with Crippen LogP contribution in [0.1, 0.15) is 4.88 Å². The minimum atomic E-state index is 0.543. The highest BCUT2D eigenvalue weighted by Crippen LogP contribution is 2.36. The molecular weight excluding hydrogens is 251 g/mol. The molecule has 1 aromatic heterocycles. The molecule has 0 radical (unpaired) electrons. The third-order valence-electron chi connectivity index (χ3n) is 1.79. The van der Waals surface area contributed by atoms with Crippen molar-refractivity contribution < 1.29 is 0 Å². The van der Waals surface area contributed by atoms with Crippen molar-refractivity contribution in [3.8, 4) is 16.6 Å². The van der Waals surface area contributed by atoms with E-state index in [2.05, 4.69) is 4.98 Å². The Labute approximate surface area is 101 Å². The minimum Gasteiger partial charge on any atom is -0.243 e. The third kappa shape index (κ3) is 1.98. The molecule has 0 amide bonds. The van der Waals surface area contributed by atoms with Crippen LogP contribution in [0.4, 0.5) is 0 Å². The SMILES string of the molecule is N#Cc1cnc(-c2c(Cl)cccc2Cl)s1. The molecule has 0 bridgehead atoms. The maximum Gasteiger partial charge on any atom is 0.127 e. The highest BCUT2D eigenvalue weighted by molar-refractivity contribution is 7.15. The highest BCUT2D eigenvalue weighted by atomic mass is 35.5. The highest BCUT2D eigenvalue weighted by Gasteiger charge is 2.11. The van der Waals surface area contributed by atoms with Crippen LogP contribution in [0, 0.1) is 11.3 Å². The number of halogens is 2. The van der Waals surface area contributed by atoms with Gasteiger partial charge in [0.2, 0.25) is 0 Å². The Morgan fingerprint density at radius 3 is 2.47 bits per heavy atom. The van der Waals surface area contributed by atoms with Gasteiger partial charge < -0.3 is 0 Å². The van der Waals surface area contributed by atoms with Crippen molar-refractivity contribution in [2.24, 2.45) is 0 Å². The standard InChI is InChI=1S/C10H4Cl2N2S/c11-7-2-1-3-8(12)9(7)10-14-5-6(4-13)15-10/h1-3,5H. The van der Waals surface area contributed by atoms with Crippen LogP contribution in [-0.4, -0.2) is 4.98 Å². The molecule has 0 fully saturated rings. The summed E-state index contributed by atoms with van der Waals surface area (Å²) < 4.78 is 0. The van der Waals surface area contributed by atoms with Crippen molar-refractivity contribution in [1.29, 1.82) is 5.26 Å². The molecule has 0 atom stereocenters. The monoisotopic (exact) mass is 254 g/mol. The zero-order chi connectivity index (χ0) is 10.8. The summed E-state index contributed by atoms with van der Waals surface area (Å²) in [6.45, 7) is 0. The fourth-order valence-corrected chi connectivity index (χ4v) is 2.62. The van der Waals surface area contributed by atoms with Gasteiger partial charge in [0.1, 0.15) is 16.0 Å². The van der Waals surface area contributed by atoms with E-state index >= 15 is 0 Å². The molecule has 0 spiro atoms. The Balaban J connectivity index is 2.59. The van der Waals surface area contributed by atoms with Crippen LogP contribution in [0.15, 0.2) is 24.4 Å². The molecule has 15 heavy (non-hydrogen) atoms. The fraction of sp³-hybridized carbons (Fsp3) is 0. The number of aromatic nitrogens is 1. The van der Waals surface area contributed by atoms with Gasteiger partial charge in [-0.3, -0.25) is 0 Å². The van der Waals surface area contributed by atoms with Crippen LogP contribution in [0.5, 0.6) is 0 Å². The Morgan fingerprint density at radius 1 is 1.27 bits per heavy atom. The first-order valence-corrected chi connectivity index (χ1v) is 5.60. The number of thiazole rings is 1. The maximum absolute atomic E-state index is 8.69. The number of hydrogen-bond acceptors (Lipinski definition) is 3. The maximum atomic E-state index is 8.69. The predicted molar refractivity (Wildman–Crippen MR) is 62.3 cm³/mol. The van der Waals surface area contributed by atoms with Gasteiger partial charge in [0, 0.05) is 5.56 Å². The largest absolute Gasteiger partial charge is 0.243 e. The number of hydrogen-bond donors (Lipinski definition) is 0. The molecule has 0 saturated carbocycles. The molecule has 1 aromatic carbocycles. The van der Waals surface area contributed by atoms with Crippen LogP contribution >= 0.6 is 34.5 Å². The van der Waals surface area contributed by atoms with Gasteiger partial charge in [0.25, 0.3) is 0 Å². The molecule has 0 saturated heterocycles. The normalized spacial score (nSPS) is 9.93. The second-order valence-corrected chi connectivity index (χ2v) is 4.58. The van der Waals surface area contributed by atoms with Gasteiger partial charge in [-0.15, -0.1) is 11.3 Å². The zero-order valence-electron chi connectivity index (χ0n) is 7.37. The van der Waals surface area contributed by atoms with Crippen molar-refractivity contribution in [3.63, 3.8) is 0 Å². The first-order chi connectivity index (χ1) is 7.22. The molecule has 2 aromatic rings. The van der Waals surface area contributed by atoms with E-state index in [0.29, 0.717) is 25.5 Å². The summed E-state index contributed by atoms with van der Waals surface area (Å²) in [5, 5.41) is 10.4. The second-order valence-electron chi connectivity index (χ2n) is 2.74. The van der Waals surface area contributed by atoms with Crippen LogP contribution in [-0.2, 0) is 0 Å². The van der Waals surface area contributed by atoms with E-state index in [1.165, 1.54) is 17.5 Å². The van der Waals surface area contributed by atoms with E-state index in [1.807, 2.05) is 6.07 Å². The lowest BCUT2D eigenvalue weighted by Gasteiger charge is -2.01. The predicted octanol–water partition coefficient (Wildman–Crippen LogP) is 3.99. The minimum absolute atomic E-state index is 0.543. The first kappa shape index (κ1) is 10.4. The van der Waals surface area contributed by atoms with E-state index in [-0.39, 0.29) is 0 Å². The number of nitriles is 1. The fourth-order valence-electron chi connectivity index (χ4n) is 1.14. The van der Waals surface area contributed by atoms with Crippen molar-refractivity contribution in [1.82, 2.24) is 4.98 Å². The van der Waals surface area contributed by atoms with Crippen molar-refractivity contribution in [2.75, 3.05) is 0 Å². The summed E-state index contributed by atoms with van der Waals surface area (Å²) >= 11 is 13.3. The van der Waals surface area contributed by atoms with Crippen molar-refractivity contribution in [3.05, 3.63) is 39.3 Å². The van der Waals surface area contributed by atoms with E-state index in [1.54, 1.807) is 18.2 Å². The van der Waals surface area contributed by atoms with Crippen LogP contribution < -0.4 is 0 Å². The van der Waals surface area contributed by atoms with Gasteiger partial charge in [0.05, 0.1) is 16.2 Å². The molecule has 74 valence electrons. The quantitative estimate of drug-likeness (QED) is 0.772. The van der Waals surface area contributed by atoms with Gasteiger partial charge in [-0.05, 0) is 12.1 Å². The average molecular weight is 255 g/mol. The Kier molecular flexibility index (Phi) is 2.92.